The Hall–Kier alpha value is -0.600. The summed E-state index contributed by atoms with van der Waals surface area (Å²) >= 11 is 0. The van der Waals surface area contributed by atoms with Crippen molar-refractivity contribution in [2.45, 2.75) is 37.9 Å². The van der Waals surface area contributed by atoms with Crippen LogP contribution in [0.15, 0.2) is 0 Å². The number of fused-ring (bicyclic) bond motifs is 1. The fourth-order valence-corrected chi connectivity index (χ4v) is 2.22. The molecule has 11 heavy (non-hydrogen) atoms. The number of rotatable bonds is 0. The smallest absolute Gasteiger partial charge is 0.223 e. The lowest BCUT2D eigenvalue weighted by atomic mass is 9.97. The minimum atomic E-state index is -0.788. The molecule has 3 heteroatoms. The Kier molecular flexibility index (Phi) is 1.26. The number of carbonyl (C=O) groups is 1. The Balaban J connectivity index is 2.24. The van der Waals surface area contributed by atoms with Crippen molar-refractivity contribution in [1.29, 1.82) is 0 Å². The van der Waals surface area contributed by atoms with Crippen LogP contribution in [-0.2, 0) is 4.79 Å². The largest absolute Gasteiger partial charge is 0.334 e. The van der Waals surface area contributed by atoms with Crippen LogP contribution in [0.3, 0.4) is 0 Å². The van der Waals surface area contributed by atoms with Gasteiger partial charge in [0.2, 0.25) is 5.91 Å². The zero-order chi connectivity index (χ0) is 8.06. The Morgan fingerprint density at radius 1 is 1.73 bits per heavy atom. The average molecular weight is 157 g/mol. The first-order chi connectivity index (χ1) is 5.12. The van der Waals surface area contributed by atoms with Crippen molar-refractivity contribution < 1.29 is 9.18 Å². The number of halogens is 1. The second-order valence-electron chi connectivity index (χ2n) is 3.80. The van der Waals surface area contributed by atoms with Gasteiger partial charge in [-0.3, -0.25) is 4.79 Å². The maximum Gasteiger partial charge on any atom is 0.223 e. The third-order valence-electron chi connectivity index (χ3n) is 2.87. The van der Waals surface area contributed by atoms with Crippen LogP contribution in [0, 0.1) is 0 Å². The quantitative estimate of drug-likeness (QED) is 0.515. The van der Waals surface area contributed by atoms with E-state index in [1.54, 1.807) is 4.90 Å². The van der Waals surface area contributed by atoms with Gasteiger partial charge in [-0.15, -0.1) is 0 Å². The zero-order valence-electron chi connectivity index (χ0n) is 6.64. The molecule has 0 bridgehead atoms. The molecule has 2 aliphatic rings. The van der Waals surface area contributed by atoms with E-state index in [2.05, 4.69) is 0 Å². The maximum absolute atomic E-state index is 12.9. The monoisotopic (exact) mass is 157 g/mol. The molecule has 1 amide bonds. The first-order valence-corrected chi connectivity index (χ1v) is 4.06. The fraction of sp³-hybridized carbons (Fsp3) is 0.875. The molecular weight excluding hydrogens is 145 g/mol. The van der Waals surface area contributed by atoms with Gasteiger partial charge in [0.05, 0.1) is 6.54 Å². The average Bonchev–Trinajstić information content (AvgIpc) is 2.32. The maximum atomic E-state index is 12.9. The molecule has 2 nitrogen and oxygen atoms in total. The van der Waals surface area contributed by atoms with Crippen molar-refractivity contribution in [1.82, 2.24) is 4.90 Å². The molecule has 0 aliphatic carbocycles. The number of carbonyl (C=O) groups excluding carboxylic acids is 1. The van der Waals surface area contributed by atoms with Crippen molar-refractivity contribution in [3.63, 3.8) is 0 Å². The minimum Gasteiger partial charge on any atom is -0.334 e. The summed E-state index contributed by atoms with van der Waals surface area (Å²) in [5.74, 6) is 0.132. The van der Waals surface area contributed by atoms with Crippen LogP contribution in [-0.4, -0.2) is 29.1 Å². The normalized spacial score (nSPS) is 43.3. The third kappa shape index (κ3) is 0.865. The first-order valence-electron chi connectivity index (χ1n) is 4.06. The van der Waals surface area contributed by atoms with Gasteiger partial charge in [-0.1, -0.05) is 0 Å². The van der Waals surface area contributed by atoms with Crippen LogP contribution in [0.4, 0.5) is 4.39 Å². The highest BCUT2D eigenvalue weighted by Crippen LogP contribution is 2.39. The molecule has 0 spiro atoms. The lowest BCUT2D eigenvalue weighted by molar-refractivity contribution is -0.129. The zero-order valence-corrected chi connectivity index (χ0v) is 6.64. The van der Waals surface area contributed by atoms with Gasteiger partial charge in [0, 0.05) is 18.4 Å². The van der Waals surface area contributed by atoms with E-state index in [1.165, 1.54) is 0 Å². The molecule has 2 heterocycles. The summed E-state index contributed by atoms with van der Waals surface area (Å²) in [7, 11) is 0. The summed E-state index contributed by atoms with van der Waals surface area (Å²) in [4.78, 5) is 12.9. The standard InChI is InChI=1S/C8H12FNO/c1-8-3-2-7(11)10(8)5-6(9)4-8/h6H,2-5H2,1H3/t6-,8+/m0/s1. The van der Waals surface area contributed by atoms with Gasteiger partial charge in [0.1, 0.15) is 6.17 Å². The predicted octanol–water partition coefficient (Wildman–Crippen LogP) is 1.11. The highest BCUT2D eigenvalue weighted by molar-refractivity contribution is 5.80. The van der Waals surface area contributed by atoms with Crippen LogP contribution in [0.25, 0.3) is 0 Å². The molecule has 2 atom stereocenters. The Morgan fingerprint density at radius 3 is 3.09 bits per heavy atom. The van der Waals surface area contributed by atoms with Gasteiger partial charge in [-0.2, -0.15) is 0 Å². The Labute approximate surface area is 65.4 Å². The first kappa shape index (κ1) is 7.07. The molecule has 2 aliphatic heterocycles. The minimum absolute atomic E-state index is 0.132. The van der Waals surface area contributed by atoms with Crippen molar-refractivity contribution >= 4 is 5.91 Å². The summed E-state index contributed by atoms with van der Waals surface area (Å²) in [6, 6.07) is 0. The lowest BCUT2D eigenvalue weighted by Crippen LogP contribution is -2.37. The van der Waals surface area contributed by atoms with Crippen molar-refractivity contribution in [2.75, 3.05) is 6.54 Å². The van der Waals surface area contributed by atoms with Gasteiger partial charge < -0.3 is 4.90 Å². The second kappa shape index (κ2) is 1.96. The third-order valence-corrected chi connectivity index (χ3v) is 2.87. The predicted molar refractivity (Wildman–Crippen MR) is 38.9 cm³/mol. The molecule has 2 fully saturated rings. The fourth-order valence-electron chi connectivity index (χ4n) is 2.22. The molecule has 0 aromatic rings. The van der Waals surface area contributed by atoms with E-state index in [0.717, 1.165) is 6.42 Å². The van der Waals surface area contributed by atoms with Crippen molar-refractivity contribution in [2.24, 2.45) is 0 Å². The number of nitrogens with zero attached hydrogens (tertiary/aromatic N) is 1. The van der Waals surface area contributed by atoms with E-state index in [1.807, 2.05) is 6.92 Å². The van der Waals surface area contributed by atoms with Crippen LogP contribution in [0.5, 0.6) is 0 Å². The molecule has 0 saturated carbocycles. The number of hydrogen-bond acceptors (Lipinski definition) is 1. The van der Waals surface area contributed by atoms with E-state index in [9.17, 15) is 9.18 Å². The van der Waals surface area contributed by atoms with E-state index in [4.69, 9.17) is 0 Å². The van der Waals surface area contributed by atoms with Gasteiger partial charge in [0.15, 0.2) is 0 Å². The van der Waals surface area contributed by atoms with E-state index in [-0.39, 0.29) is 11.4 Å². The highest BCUT2D eigenvalue weighted by Gasteiger charge is 2.48. The molecule has 62 valence electrons. The van der Waals surface area contributed by atoms with E-state index in [0.29, 0.717) is 19.4 Å². The summed E-state index contributed by atoms with van der Waals surface area (Å²) in [5.41, 5.74) is -0.142. The Morgan fingerprint density at radius 2 is 2.45 bits per heavy atom. The summed E-state index contributed by atoms with van der Waals surface area (Å²) in [6.45, 7) is 2.31. The molecular formula is C8H12FNO. The lowest BCUT2D eigenvalue weighted by Gasteiger charge is -2.26. The van der Waals surface area contributed by atoms with Gasteiger partial charge in [0.25, 0.3) is 0 Å². The second-order valence-corrected chi connectivity index (χ2v) is 3.80. The Bertz CT molecular complexity index is 206. The molecule has 2 saturated heterocycles. The summed E-state index contributed by atoms with van der Waals surface area (Å²) in [6.07, 6.45) is 1.21. The van der Waals surface area contributed by atoms with Crippen LogP contribution in [0.2, 0.25) is 0 Å². The topological polar surface area (TPSA) is 20.3 Å². The highest BCUT2D eigenvalue weighted by atomic mass is 19.1. The number of amides is 1. The summed E-state index contributed by atoms with van der Waals surface area (Å²) < 4.78 is 12.9. The number of hydrogen-bond donors (Lipinski definition) is 0. The SMILES string of the molecule is C[C@]12CCC(=O)N1C[C@@H](F)C2. The van der Waals surface area contributed by atoms with Gasteiger partial charge in [-0.05, 0) is 13.3 Å². The molecule has 0 N–H and O–H groups in total. The van der Waals surface area contributed by atoms with Crippen molar-refractivity contribution in [3.05, 3.63) is 0 Å². The van der Waals surface area contributed by atoms with Crippen molar-refractivity contribution in [3.8, 4) is 0 Å². The van der Waals surface area contributed by atoms with E-state index < -0.39 is 6.17 Å². The molecule has 0 aromatic heterocycles. The van der Waals surface area contributed by atoms with Crippen LogP contribution >= 0.6 is 0 Å². The molecule has 2 rings (SSSR count). The number of alkyl halides is 1. The van der Waals surface area contributed by atoms with Crippen LogP contribution in [0.1, 0.15) is 26.2 Å². The van der Waals surface area contributed by atoms with E-state index >= 15 is 0 Å². The van der Waals surface area contributed by atoms with Crippen LogP contribution < -0.4 is 0 Å². The summed E-state index contributed by atoms with van der Waals surface area (Å²) in [5, 5.41) is 0. The molecule has 0 aromatic carbocycles. The molecule has 0 radical (unpaired) electrons. The van der Waals surface area contributed by atoms with Gasteiger partial charge in [-0.25, -0.2) is 4.39 Å². The molecule has 0 unspecified atom stereocenters. The van der Waals surface area contributed by atoms with Gasteiger partial charge >= 0.3 is 0 Å².